The smallest absolute Gasteiger partial charge is 0.268 e. The lowest BCUT2D eigenvalue weighted by molar-refractivity contribution is 0.102. The summed E-state index contributed by atoms with van der Waals surface area (Å²) in [4.78, 5) is 25.6. The Kier molecular flexibility index (Phi) is 4.75. The van der Waals surface area contributed by atoms with E-state index in [2.05, 4.69) is 11.9 Å². The number of methoxy groups -OCH3 is 1. The number of ether oxygens (including phenoxy) is 1. The summed E-state index contributed by atoms with van der Waals surface area (Å²) >= 11 is 0. The van der Waals surface area contributed by atoms with Crippen LogP contribution in [0.1, 0.15) is 10.4 Å². The van der Waals surface area contributed by atoms with Gasteiger partial charge in [-0.15, -0.1) is 6.58 Å². The minimum atomic E-state index is -0.708. The zero-order chi connectivity index (χ0) is 18.7. The molecule has 0 spiro atoms. The number of aromatic hydroxyl groups is 1. The van der Waals surface area contributed by atoms with E-state index in [4.69, 9.17) is 4.74 Å². The van der Waals surface area contributed by atoms with Crippen molar-refractivity contribution in [2.24, 2.45) is 0 Å². The summed E-state index contributed by atoms with van der Waals surface area (Å²) in [5.74, 6) is -0.605. The first-order valence-electron chi connectivity index (χ1n) is 7.98. The number of para-hydroxylation sites is 3. The molecule has 0 unspecified atom stereocenters. The molecule has 0 fully saturated rings. The summed E-state index contributed by atoms with van der Waals surface area (Å²) < 4.78 is 6.60. The maximum atomic E-state index is 12.8. The van der Waals surface area contributed by atoms with Crippen LogP contribution < -0.4 is 15.6 Å². The fourth-order valence-corrected chi connectivity index (χ4v) is 2.84. The third-order valence-electron chi connectivity index (χ3n) is 4.04. The number of pyridine rings is 1. The van der Waals surface area contributed by atoms with E-state index in [1.807, 2.05) is 0 Å². The zero-order valence-corrected chi connectivity index (χ0v) is 14.2. The molecule has 0 aliphatic heterocycles. The van der Waals surface area contributed by atoms with Gasteiger partial charge < -0.3 is 19.7 Å². The SMILES string of the molecule is C=CCn1c(=O)c(C(=O)Nc2ccccc2OC)c(O)c2ccccc21. The van der Waals surface area contributed by atoms with Crippen molar-refractivity contribution in [3.63, 3.8) is 0 Å². The van der Waals surface area contributed by atoms with E-state index in [0.717, 1.165) is 0 Å². The zero-order valence-electron chi connectivity index (χ0n) is 14.2. The van der Waals surface area contributed by atoms with Crippen LogP contribution >= 0.6 is 0 Å². The maximum absolute atomic E-state index is 12.8. The summed E-state index contributed by atoms with van der Waals surface area (Å²) in [7, 11) is 1.48. The average Bonchev–Trinajstić information content (AvgIpc) is 2.65. The highest BCUT2D eigenvalue weighted by Gasteiger charge is 2.22. The van der Waals surface area contributed by atoms with E-state index < -0.39 is 11.5 Å². The number of anilines is 1. The molecule has 0 aliphatic carbocycles. The molecule has 6 heteroatoms. The van der Waals surface area contributed by atoms with Gasteiger partial charge in [-0.1, -0.05) is 30.3 Å². The molecule has 1 aromatic heterocycles. The number of carbonyl (C=O) groups excluding carboxylic acids is 1. The second-order valence-corrected chi connectivity index (χ2v) is 5.60. The molecule has 6 nitrogen and oxygen atoms in total. The van der Waals surface area contributed by atoms with Crippen LogP contribution in [-0.4, -0.2) is 22.7 Å². The molecule has 0 aliphatic rings. The molecule has 1 amide bonds. The van der Waals surface area contributed by atoms with Gasteiger partial charge in [0.1, 0.15) is 17.1 Å². The molecule has 0 saturated heterocycles. The van der Waals surface area contributed by atoms with Crippen molar-refractivity contribution in [2.75, 3.05) is 12.4 Å². The van der Waals surface area contributed by atoms with Crippen LogP contribution in [-0.2, 0) is 6.54 Å². The number of amides is 1. The van der Waals surface area contributed by atoms with Gasteiger partial charge in [-0.2, -0.15) is 0 Å². The lowest BCUT2D eigenvalue weighted by Crippen LogP contribution is -2.29. The van der Waals surface area contributed by atoms with Crippen molar-refractivity contribution in [3.8, 4) is 11.5 Å². The molecule has 26 heavy (non-hydrogen) atoms. The second kappa shape index (κ2) is 7.14. The Bertz CT molecular complexity index is 1050. The van der Waals surface area contributed by atoms with E-state index >= 15 is 0 Å². The standard InChI is InChI=1S/C20H18N2O4/c1-3-12-22-15-10-6-4-8-13(15)18(23)17(20(22)25)19(24)21-14-9-5-7-11-16(14)26-2/h3-11,23H,1,12H2,2H3,(H,21,24). The Morgan fingerprint density at radius 1 is 1.23 bits per heavy atom. The Labute approximate surface area is 150 Å². The van der Waals surface area contributed by atoms with Gasteiger partial charge in [0.05, 0.1) is 18.3 Å². The average molecular weight is 350 g/mol. The van der Waals surface area contributed by atoms with Crippen LogP contribution in [0.2, 0.25) is 0 Å². The summed E-state index contributed by atoms with van der Waals surface area (Å²) in [6, 6.07) is 13.7. The van der Waals surface area contributed by atoms with E-state index in [1.54, 1.807) is 54.6 Å². The van der Waals surface area contributed by atoms with Crippen LogP contribution in [0.5, 0.6) is 11.5 Å². The highest BCUT2D eigenvalue weighted by Crippen LogP contribution is 2.28. The predicted molar refractivity (Wildman–Crippen MR) is 101 cm³/mol. The van der Waals surface area contributed by atoms with Gasteiger partial charge >= 0.3 is 0 Å². The van der Waals surface area contributed by atoms with Gasteiger partial charge in [0.15, 0.2) is 0 Å². The van der Waals surface area contributed by atoms with Gasteiger partial charge in [0, 0.05) is 11.9 Å². The highest BCUT2D eigenvalue weighted by atomic mass is 16.5. The van der Waals surface area contributed by atoms with Crippen LogP contribution in [0.15, 0.2) is 66.0 Å². The molecule has 0 bridgehead atoms. The number of nitrogens with one attached hydrogen (secondary N) is 1. The lowest BCUT2D eigenvalue weighted by atomic mass is 10.1. The molecule has 3 aromatic rings. The second-order valence-electron chi connectivity index (χ2n) is 5.60. The van der Waals surface area contributed by atoms with Gasteiger partial charge in [-0.05, 0) is 24.3 Å². The molecule has 1 heterocycles. The van der Waals surface area contributed by atoms with E-state index in [-0.39, 0.29) is 17.9 Å². The molecule has 132 valence electrons. The van der Waals surface area contributed by atoms with E-state index in [1.165, 1.54) is 11.7 Å². The van der Waals surface area contributed by atoms with Crippen LogP contribution in [0.4, 0.5) is 5.69 Å². The number of carbonyl (C=O) groups is 1. The van der Waals surface area contributed by atoms with Crippen molar-refractivity contribution in [3.05, 3.63) is 77.1 Å². The summed E-state index contributed by atoms with van der Waals surface area (Å²) in [5, 5.41) is 13.6. The molecule has 2 N–H and O–H groups in total. The minimum absolute atomic E-state index is 0.217. The highest BCUT2D eigenvalue weighted by molar-refractivity contribution is 6.09. The molecule has 3 rings (SSSR count). The van der Waals surface area contributed by atoms with Gasteiger partial charge in [-0.25, -0.2) is 0 Å². The first kappa shape index (κ1) is 17.3. The number of benzene rings is 2. The Morgan fingerprint density at radius 3 is 2.65 bits per heavy atom. The molecular formula is C20H18N2O4. The van der Waals surface area contributed by atoms with Gasteiger partial charge in [-0.3, -0.25) is 9.59 Å². The van der Waals surface area contributed by atoms with Crippen molar-refractivity contribution >= 4 is 22.5 Å². The largest absolute Gasteiger partial charge is 0.506 e. The predicted octanol–water partition coefficient (Wildman–Crippen LogP) is 3.15. The van der Waals surface area contributed by atoms with E-state index in [9.17, 15) is 14.7 Å². The van der Waals surface area contributed by atoms with Crippen molar-refractivity contribution in [1.82, 2.24) is 4.57 Å². The number of nitrogens with zero attached hydrogens (tertiary/aromatic N) is 1. The molecule has 0 saturated carbocycles. The number of aromatic nitrogens is 1. The van der Waals surface area contributed by atoms with Crippen LogP contribution in [0.25, 0.3) is 10.9 Å². The Morgan fingerprint density at radius 2 is 1.92 bits per heavy atom. The fraction of sp³-hybridized carbons (Fsp3) is 0.100. The number of allylic oxidation sites excluding steroid dienone is 1. The Balaban J connectivity index is 2.16. The van der Waals surface area contributed by atoms with Crippen LogP contribution in [0, 0.1) is 0 Å². The summed E-state index contributed by atoms with van der Waals surface area (Å²) in [6.45, 7) is 3.87. The molecular weight excluding hydrogens is 332 g/mol. The topological polar surface area (TPSA) is 80.6 Å². The maximum Gasteiger partial charge on any atom is 0.268 e. The fourth-order valence-electron chi connectivity index (χ4n) is 2.84. The monoisotopic (exact) mass is 350 g/mol. The quantitative estimate of drug-likeness (QED) is 0.693. The summed E-state index contributed by atoms with van der Waals surface area (Å²) in [6.07, 6.45) is 1.56. The number of rotatable bonds is 5. The summed E-state index contributed by atoms with van der Waals surface area (Å²) in [5.41, 5.74) is 0.0240. The van der Waals surface area contributed by atoms with Gasteiger partial charge in [0.2, 0.25) is 0 Å². The van der Waals surface area contributed by atoms with Crippen LogP contribution in [0.3, 0.4) is 0 Å². The third-order valence-corrected chi connectivity index (χ3v) is 4.04. The lowest BCUT2D eigenvalue weighted by Gasteiger charge is -2.14. The molecule has 0 radical (unpaired) electrons. The minimum Gasteiger partial charge on any atom is -0.506 e. The third kappa shape index (κ3) is 2.93. The normalized spacial score (nSPS) is 10.5. The van der Waals surface area contributed by atoms with Crippen molar-refractivity contribution in [2.45, 2.75) is 6.54 Å². The molecule has 2 aromatic carbocycles. The van der Waals surface area contributed by atoms with Crippen molar-refractivity contribution in [1.29, 1.82) is 0 Å². The van der Waals surface area contributed by atoms with Gasteiger partial charge in [0.25, 0.3) is 11.5 Å². The number of hydrogen-bond donors (Lipinski definition) is 2. The van der Waals surface area contributed by atoms with E-state index in [0.29, 0.717) is 22.3 Å². The number of hydrogen-bond acceptors (Lipinski definition) is 4. The number of fused-ring (bicyclic) bond motifs is 1. The first-order chi connectivity index (χ1) is 12.6. The first-order valence-corrected chi connectivity index (χ1v) is 7.98. The Hall–Kier alpha value is -3.54. The molecule has 0 atom stereocenters. The van der Waals surface area contributed by atoms with Crippen molar-refractivity contribution < 1.29 is 14.6 Å².